The van der Waals surface area contributed by atoms with Gasteiger partial charge in [-0.1, -0.05) is 23.2 Å². The number of hydrogen-bond acceptors (Lipinski definition) is 10. The number of benzene rings is 2. The van der Waals surface area contributed by atoms with Crippen molar-refractivity contribution in [3.05, 3.63) is 69.0 Å². The normalized spacial score (nSPS) is 18.6. The predicted molar refractivity (Wildman–Crippen MR) is 180 cm³/mol. The fourth-order valence-electron chi connectivity index (χ4n) is 6.09. The van der Waals surface area contributed by atoms with Gasteiger partial charge in [0, 0.05) is 27.2 Å². The van der Waals surface area contributed by atoms with Gasteiger partial charge in [-0.2, -0.15) is 0 Å². The average Bonchev–Trinajstić information content (AvgIpc) is 3.36. The molecule has 48 heavy (non-hydrogen) atoms. The van der Waals surface area contributed by atoms with E-state index in [-0.39, 0.29) is 42.3 Å². The van der Waals surface area contributed by atoms with Crippen LogP contribution in [0.1, 0.15) is 72.6 Å². The van der Waals surface area contributed by atoms with E-state index in [1.807, 2.05) is 0 Å². The maximum atomic E-state index is 13.4. The number of methoxy groups -OCH3 is 1. The van der Waals surface area contributed by atoms with Gasteiger partial charge in [0.1, 0.15) is 23.0 Å². The zero-order valence-corrected chi connectivity index (χ0v) is 29.1. The lowest BCUT2D eigenvalue weighted by Crippen LogP contribution is -2.47. The molecule has 0 aliphatic carbocycles. The van der Waals surface area contributed by atoms with Crippen molar-refractivity contribution in [2.75, 3.05) is 13.7 Å². The molecule has 1 unspecified atom stereocenters. The van der Waals surface area contributed by atoms with Crippen molar-refractivity contribution >= 4 is 68.6 Å². The van der Waals surface area contributed by atoms with Crippen LogP contribution < -0.4 is 4.74 Å². The molecule has 4 heterocycles. The van der Waals surface area contributed by atoms with Gasteiger partial charge in [0.05, 0.1) is 53.6 Å². The summed E-state index contributed by atoms with van der Waals surface area (Å²) in [5, 5.41) is 12.0. The summed E-state index contributed by atoms with van der Waals surface area (Å²) in [6.07, 6.45) is -0.554. The van der Waals surface area contributed by atoms with Crippen LogP contribution in [-0.4, -0.2) is 74.5 Å². The molecule has 0 saturated carbocycles. The van der Waals surface area contributed by atoms with Crippen molar-refractivity contribution in [1.82, 2.24) is 14.9 Å². The fourth-order valence-corrected chi connectivity index (χ4v) is 6.43. The summed E-state index contributed by atoms with van der Waals surface area (Å²) < 4.78 is 16.8. The van der Waals surface area contributed by atoms with Gasteiger partial charge in [-0.25, -0.2) is 19.6 Å². The van der Waals surface area contributed by atoms with E-state index in [1.54, 1.807) is 71.0 Å². The Morgan fingerprint density at radius 1 is 1.00 bits per heavy atom. The highest BCUT2D eigenvalue weighted by atomic mass is 35.5. The van der Waals surface area contributed by atoms with Crippen molar-refractivity contribution < 1.29 is 38.5 Å². The molecule has 2 aliphatic heterocycles. The smallest absolute Gasteiger partial charge is 0.411 e. The van der Waals surface area contributed by atoms with Crippen LogP contribution in [0.25, 0.3) is 21.8 Å². The van der Waals surface area contributed by atoms with E-state index >= 15 is 0 Å². The number of hydrogen-bond donors (Lipinski definition) is 1. The number of aromatic nitrogens is 2. The second kappa shape index (κ2) is 12.9. The third-order valence-electron chi connectivity index (χ3n) is 8.10. The standard InChI is InChI=1S/C23H25ClN2O6.C12H10ClNO2/c1-12-19-18(14-8-13(24)6-7-15(14)25-12)17(27)10-23(31-19)9-16(20(28)30-5)26(11-23)21(29)32-22(2,3)4;1-6-12(16)11(7(2)15)9-5-8(13)3-4-10(9)14-6/h6-8,16H,9-11H2,1-5H3;3-5,16H,1-2H3/t16-,23?;/m0./s1. The van der Waals surface area contributed by atoms with E-state index in [2.05, 4.69) is 9.97 Å². The Kier molecular flexibility index (Phi) is 9.33. The zero-order chi connectivity index (χ0) is 35.3. The largest absolute Gasteiger partial charge is 0.505 e. The fraction of sp³-hybridized carbons (Fsp3) is 0.371. The molecule has 1 saturated heterocycles. The van der Waals surface area contributed by atoms with Crippen molar-refractivity contribution in [3.63, 3.8) is 0 Å². The molecule has 11 nitrogen and oxygen atoms in total. The van der Waals surface area contributed by atoms with Gasteiger partial charge in [-0.3, -0.25) is 14.5 Å². The first-order valence-corrected chi connectivity index (χ1v) is 15.9. The van der Waals surface area contributed by atoms with Gasteiger partial charge in [-0.15, -0.1) is 0 Å². The molecule has 252 valence electrons. The number of halogens is 2. The summed E-state index contributed by atoms with van der Waals surface area (Å²) in [5.41, 5.74) is 1.17. The van der Waals surface area contributed by atoms with Crippen LogP contribution >= 0.6 is 23.2 Å². The Balaban J connectivity index is 0.000000236. The monoisotopic (exact) mass is 695 g/mol. The molecule has 2 aliphatic rings. The molecule has 13 heteroatoms. The van der Waals surface area contributed by atoms with Gasteiger partial charge in [0.15, 0.2) is 17.3 Å². The van der Waals surface area contributed by atoms with Crippen LogP contribution in [0.5, 0.6) is 11.5 Å². The summed E-state index contributed by atoms with van der Waals surface area (Å²) in [6, 6.07) is 9.32. The van der Waals surface area contributed by atoms with Crippen LogP contribution in [0.4, 0.5) is 4.79 Å². The highest BCUT2D eigenvalue weighted by Gasteiger charge is 2.55. The molecule has 2 aromatic heterocycles. The van der Waals surface area contributed by atoms with Crippen molar-refractivity contribution in [2.45, 2.75) is 71.6 Å². The Morgan fingerprint density at radius 3 is 2.17 bits per heavy atom. The number of likely N-dealkylation sites (tertiary alicyclic amines) is 1. The number of rotatable bonds is 2. The van der Waals surface area contributed by atoms with Crippen molar-refractivity contribution in [3.8, 4) is 11.5 Å². The summed E-state index contributed by atoms with van der Waals surface area (Å²) in [6.45, 7) is 10.1. The lowest BCUT2D eigenvalue weighted by Gasteiger charge is -2.35. The Bertz CT molecular complexity index is 2010. The molecule has 0 bridgehead atoms. The minimum atomic E-state index is -1.08. The lowest BCUT2D eigenvalue weighted by molar-refractivity contribution is -0.145. The number of carbonyl (C=O) groups excluding carboxylic acids is 4. The molecule has 1 N–H and O–H groups in total. The highest BCUT2D eigenvalue weighted by Crippen LogP contribution is 2.45. The third kappa shape index (κ3) is 6.75. The number of nitrogens with zero attached hydrogens (tertiary/aromatic N) is 3. The van der Waals surface area contributed by atoms with Gasteiger partial charge >= 0.3 is 12.1 Å². The van der Waals surface area contributed by atoms with Crippen molar-refractivity contribution in [1.29, 1.82) is 0 Å². The van der Waals surface area contributed by atoms with Gasteiger partial charge < -0.3 is 19.3 Å². The number of fused-ring (bicyclic) bond motifs is 4. The van der Waals surface area contributed by atoms with Crippen LogP contribution in [0.15, 0.2) is 36.4 Å². The van der Waals surface area contributed by atoms with Crippen molar-refractivity contribution in [2.24, 2.45) is 0 Å². The minimum absolute atomic E-state index is 0.00212. The molecule has 4 aromatic rings. The number of aromatic hydroxyl groups is 1. The van der Waals surface area contributed by atoms with Gasteiger partial charge in [-0.05, 0) is 77.9 Å². The maximum absolute atomic E-state index is 13.4. The van der Waals surface area contributed by atoms with E-state index in [9.17, 15) is 24.3 Å². The van der Waals surface area contributed by atoms with E-state index in [4.69, 9.17) is 37.4 Å². The van der Waals surface area contributed by atoms with E-state index in [1.165, 1.54) is 18.9 Å². The number of aryl methyl sites for hydroxylation is 2. The second-order valence-corrected chi connectivity index (χ2v) is 13.8. The number of carbonyl (C=O) groups is 4. The van der Waals surface area contributed by atoms with E-state index in [0.29, 0.717) is 54.6 Å². The number of amides is 1. The molecule has 6 rings (SSSR count). The molecule has 0 radical (unpaired) electrons. The predicted octanol–water partition coefficient (Wildman–Crippen LogP) is 7.19. The number of esters is 1. The Labute approximate surface area is 287 Å². The SMILES string of the molecule is CC(=O)c1c(O)c(C)nc2ccc(Cl)cc12.COC(=O)[C@@H]1CC2(CC(=O)c3c(c(C)nc4ccc(Cl)cc34)O2)CN1C(=O)OC(C)(C)C. The first kappa shape index (κ1) is 34.8. The zero-order valence-electron chi connectivity index (χ0n) is 27.6. The average molecular weight is 697 g/mol. The summed E-state index contributed by atoms with van der Waals surface area (Å²) in [4.78, 5) is 60.3. The van der Waals surface area contributed by atoms with E-state index < -0.39 is 29.3 Å². The topological polar surface area (TPSA) is 145 Å². The van der Waals surface area contributed by atoms with Crippen LogP contribution in [-0.2, 0) is 14.3 Å². The molecule has 1 amide bonds. The molecule has 2 atom stereocenters. The highest BCUT2D eigenvalue weighted by molar-refractivity contribution is 6.32. The van der Waals surface area contributed by atoms with Gasteiger partial charge in [0.2, 0.25) is 0 Å². The molecule has 1 spiro atoms. The third-order valence-corrected chi connectivity index (χ3v) is 8.57. The van der Waals surface area contributed by atoms with Gasteiger partial charge in [0.25, 0.3) is 0 Å². The second-order valence-electron chi connectivity index (χ2n) is 12.9. The number of ketones is 2. The van der Waals surface area contributed by atoms with E-state index in [0.717, 1.165) is 0 Å². The minimum Gasteiger partial charge on any atom is -0.505 e. The summed E-state index contributed by atoms with van der Waals surface area (Å²) >= 11 is 12.0. The molecular weight excluding hydrogens is 661 g/mol. The van der Waals surface area contributed by atoms with Crippen LogP contribution in [0.3, 0.4) is 0 Å². The first-order valence-electron chi connectivity index (χ1n) is 15.1. The Morgan fingerprint density at radius 2 is 1.58 bits per heavy atom. The number of ether oxygens (including phenoxy) is 3. The maximum Gasteiger partial charge on any atom is 0.411 e. The summed E-state index contributed by atoms with van der Waals surface area (Å²) in [7, 11) is 1.26. The lowest BCUT2D eigenvalue weighted by atomic mass is 9.86. The van der Waals surface area contributed by atoms with Crippen LogP contribution in [0, 0.1) is 13.8 Å². The summed E-state index contributed by atoms with van der Waals surface area (Å²) in [5.74, 6) is -0.656. The number of Topliss-reactive ketones (excluding diaryl/α,β-unsaturated/α-hetero) is 2. The quantitative estimate of drug-likeness (QED) is 0.169. The number of pyridine rings is 2. The molecule has 1 fully saturated rings. The molecule has 2 aromatic carbocycles. The van der Waals surface area contributed by atoms with Crippen LogP contribution in [0.2, 0.25) is 10.0 Å². The molecular formula is C35H35Cl2N3O8. The Hall–Kier alpha value is -4.48. The first-order chi connectivity index (χ1) is 22.4.